The van der Waals surface area contributed by atoms with E-state index in [1.54, 1.807) is 18.6 Å². The predicted octanol–water partition coefficient (Wildman–Crippen LogP) is 5.12. The van der Waals surface area contributed by atoms with Gasteiger partial charge in [-0.05, 0) is 72.8 Å². The van der Waals surface area contributed by atoms with Gasteiger partial charge in [0.2, 0.25) is 0 Å². The quantitative estimate of drug-likeness (QED) is 0.319. The Kier molecular flexibility index (Phi) is 6.10. The summed E-state index contributed by atoms with van der Waals surface area (Å²) in [4.78, 5) is 29.2. The number of imidazole rings is 1. The Morgan fingerprint density at radius 3 is 2.83 bits per heavy atom. The smallest absolute Gasteiger partial charge is 0.261 e. The predicted molar refractivity (Wildman–Crippen MR) is 141 cm³/mol. The monoisotopic (exact) mass is 562 g/mol. The summed E-state index contributed by atoms with van der Waals surface area (Å²) >= 11 is 4.89. The molecule has 9 nitrogen and oxygen atoms in total. The zero-order valence-electron chi connectivity index (χ0n) is 19.5. The van der Waals surface area contributed by atoms with Gasteiger partial charge in [0.15, 0.2) is 11.6 Å². The van der Waals surface area contributed by atoms with Crippen molar-refractivity contribution in [3.05, 3.63) is 69.3 Å². The molecule has 1 aliphatic carbocycles. The molecule has 182 valence electrons. The third-order valence-electron chi connectivity index (χ3n) is 6.41. The topological polar surface area (TPSA) is 103 Å². The minimum absolute atomic E-state index is 0.0246. The van der Waals surface area contributed by atoms with E-state index in [-0.39, 0.29) is 18.0 Å². The maximum Gasteiger partial charge on any atom is 0.261 e. The molecule has 5 aromatic rings. The second kappa shape index (κ2) is 9.55. The van der Waals surface area contributed by atoms with Crippen molar-refractivity contribution >= 4 is 44.2 Å². The number of carbonyl (C=O) groups is 1. The third kappa shape index (κ3) is 4.44. The molecule has 0 unspecified atom stereocenters. The Hall–Kier alpha value is -3.44. The molecule has 36 heavy (non-hydrogen) atoms. The molecule has 0 bridgehead atoms. The highest BCUT2D eigenvalue weighted by Gasteiger charge is 2.29. The Morgan fingerprint density at radius 1 is 1.17 bits per heavy atom. The van der Waals surface area contributed by atoms with Crippen LogP contribution in [-0.4, -0.2) is 46.5 Å². The first-order chi connectivity index (χ1) is 17.5. The van der Waals surface area contributed by atoms with Gasteiger partial charge < -0.3 is 9.88 Å². The molecular weight excluding hydrogens is 540 g/mol. The van der Waals surface area contributed by atoms with Crippen LogP contribution in [0.15, 0.2) is 58.8 Å². The van der Waals surface area contributed by atoms with Crippen molar-refractivity contribution in [2.24, 2.45) is 0 Å². The first kappa shape index (κ1) is 23.0. The number of amides is 1. The Morgan fingerprint density at radius 2 is 2.08 bits per heavy atom. The summed E-state index contributed by atoms with van der Waals surface area (Å²) in [5, 5.41) is 12.0. The van der Waals surface area contributed by atoms with Crippen LogP contribution in [0.1, 0.15) is 47.1 Å². The zero-order valence-corrected chi connectivity index (χ0v) is 21.9. The molecular formula is C25H23BrN8OS. The average Bonchev–Trinajstić information content (AvgIpc) is 3.62. The second-order valence-corrected chi connectivity index (χ2v) is 11.4. The maximum atomic E-state index is 12.8. The first-order valence-electron chi connectivity index (χ1n) is 11.8. The van der Waals surface area contributed by atoms with E-state index in [9.17, 15) is 4.79 Å². The molecule has 0 aliphatic heterocycles. The van der Waals surface area contributed by atoms with Crippen molar-refractivity contribution in [3.63, 3.8) is 0 Å². The summed E-state index contributed by atoms with van der Waals surface area (Å²) in [6.07, 6.45) is 9.00. The van der Waals surface area contributed by atoms with Crippen LogP contribution in [0, 0.1) is 6.92 Å². The lowest BCUT2D eigenvalue weighted by molar-refractivity contribution is 0.0925. The number of fused-ring (bicyclic) bond motifs is 1. The molecule has 0 saturated heterocycles. The van der Waals surface area contributed by atoms with Gasteiger partial charge in [-0.25, -0.2) is 9.97 Å². The molecule has 1 N–H and O–H groups in total. The Balaban J connectivity index is 1.38. The summed E-state index contributed by atoms with van der Waals surface area (Å²) in [6, 6.07) is 11.8. The fourth-order valence-corrected chi connectivity index (χ4v) is 6.10. The Bertz CT molecular complexity index is 1540. The number of aryl methyl sites for hydroxylation is 1. The highest BCUT2D eigenvalue weighted by atomic mass is 79.9. The van der Waals surface area contributed by atoms with Crippen molar-refractivity contribution in [3.8, 4) is 17.3 Å². The highest BCUT2D eigenvalue weighted by molar-refractivity contribution is 9.11. The Labute approximate surface area is 219 Å². The highest BCUT2D eigenvalue weighted by Crippen LogP contribution is 2.36. The van der Waals surface area contributed by atoms with Gasteiger partial charge >= 0.3 is 0 Å². The van der Waals surface area contributed by atoms with Crippen LogP contribution in [0.4, 0.5) is 0 Å². The fourth-order valence-electron chi connectivity index (χ4n) is 4.81. The van der Waals surface area contributed by atoms with E-state index in [0.29, 0.717) is 10.7 Å². The lowest BCUT2D eigenvalue weighted by atomic mass is 9.90. The van der Waals surface area contributed by atoms with Crippen molar-refractivity contribution in [2.45, 2.75) is 44.7 Å². The van der Waals surface area contributed by atoms with Gasteiger partial charge in [0.1, 0.15) is 11.2 Å². The third-order valence-corrected chi connectivity index (χ3v) is 8.03. The number of thiophene rings is 1. The van der Waals surface area contributed by atoms with Crippen LogP contribution in [0.25, 0.3) is 28.4 Å². The summed E-state index contributed by atoms with van der Waals surface area (Å²) < 4.78 is 3.21. The molecule has 0 aromatic carbocycles. The summed E-state index contributed by atoms with van der Waals surface area (Å²) in [6.45, 7) is 1.90. The molecule has 2 atom stereocenters. The molecule has 5 heterocycles. The van der Waals surface area contributed by atoms with Crippen LogP contribution in [-0.2, 0) is 0 Å². The number of rotatable bonds is 5. The zero-order chi connectivity index (χ0) is 24.6. The number of nitrogens with one attached hydrogen (secondary N) is 1. The van der Waals surface area contributed by atoms with E-state index in [2.05, 4.69) is 46.0 Å². The number of hydrogen-bond donors (Lipinski definition) is 1. The van der Waals surface area contributed by atoms with E-state index in [1.807, 2.05) is 43.3 Å². The largest absolute Gasteiger partial charge is 0.349 e. The van der Waals surface area contributed by atoms with E-state index < -0.39 is 0 Å². The van der Waals surface area contributed by atoms with Crippen molar-refractivity contribution in [1.29, 1.82) is 0 Å². The molecule has 0 spiro atoms. The van der Waals surface area contributed by atoms with E-state index in [1.165, 1.54) is 16.1 Å². The van der Waals surface area contributed by atoms with Crippen molar-refractivity contribution < 1.29 is 4.79 Å². The number of carbonyl (C=O) groups excluding carboxylic acids is 1. The van der Waals surface area contributed by atoms with Crippen LogP contribution in [0.3, 0.4) is 0 Å². The normalized spacial score (nSPS) is 17.9. The number of nitrogens with zero attached hydrogens (tertiary/aromatic N) is 7. The van der Waals surface area contributed by atoms with Crippen LogP contribution < -0.4 is 5.32 Å². The van der Waals surface area contributed by atoms with Crippen molar-refractivity contribution in [1.82, 2.24) is 39.8 Å². The van der Waals surface area contributed by atoms with Gasteiger partial charge in [-0.2, -0.15) is 10.2 Å². The number of aromatic nitrogens is 7. The molecule has 5 aromatic heterocycles. The average molecular weight is 563 g/mol. The van der Waals surface area contributed by atoms with Gasteiger partial charge in [0.25, 0.3) is 5.91 Å². The van der Waals surface area contributed by atoms with E-state index in [0.717, 1.165) is 57.7 Å². The standard InChI is InChI=1S/C25H23BrN8OS/c1-15-13-29-34(32-15)23-12-20-19(14-28-23)31-24(18-7-2-3-10-27-18)33(20)17-6-4-5-16(11-17)30-25(35)21-8-9-22(26)36-21/h2-3,7-10,12-14,16-17H,4-6,11H2,1H3,(H,30,35)/t16-,17+/m0/s1. The van der Waals surface area contributed by atoms with E-state index in [4.69, 9.17) is 4.98 Å². The lowest BCUT2D eigenvalue weighted by Gasteiger charge is -2.31. The molecule has 1 saturated carbocycles. The number of pyridine rings is 2. The minimum atomic E-state index is -0.0246. The van der Waals surface area contributed by atoms with Crippen LogP contribution in [0.5, 0.6) is 0 Å². The summed E-state index contributed by atoms with van der Waals surface area (Å²) in [7, 11) is 0. The second-order valence-electron chi connectivity index (χ2n) is 8.92. The molecule has 11 heteroatoms. The van der Waals surface area contributed by atoms with Gasteiger partial charge in [0, 0.05) is 24.3 Å². The van der Waals surface area contributed by atoms with Crippen LogP contribution in [0.2, 0.25) is 0 Å². The van der Waals surface area contributed by atoms with Crippen LogP contribution >= 0.6 is 27.3 Å². The van der Waals surface area contributed by atoms with Crippen molar-refractivity contribution in [2.75, 3.05) is 0 Å². The maximum absolute atomic E-state index is 12.8. The molecule has 1 aliphatic rings. The summed E-state index contributed by atoms with van der Waals surface area (Å²) in [5.41, 5.74) is 3.37. The van der Waals surface area contributed by atoms with E-state index >= 15 is 0 Å². The fraction of sp³-hybridized carbons (Fsp3) is 0.280. The number of halogens is 1. The van der Waals surface area contributed by atoms with Gasteiger partial charge in [-0.3, -0.25) is 9.78 Å². The SMILES string of the molecule is Cc1cnn(-c2cc3c(cn2)nc(-c2ccccn2)n3[C@@H]2CCC[C@H](NC(=O)c3ccc(Br)s3)C2)n1. The molecule has 6 rings (SSSR count). The molecule has 1 amide bonds. The first-order valence-corrected chi connectivity index (χ1v) is 13.4. The van der Waals surface area contributed by atoms with Gasteiger partial charge in [-0.15, -0.1) is 16.1 Å². The number of hydrogen-bond acceptors (Lipinski definition) is 7. The summed E-state index contributed by atoms with van der Waals surface area (Å²) in [5.74, 6) is 1.41. The molecule has 1 fully saturated rings. The van der Waals surface area contributed by atoms with Gasteiger partial charge in [0.05, 0.1) is 32.3 Å². The minimum Gasteiger partial charge on any atom is -0.349 e. The lowest BCUT2D eigenvalue weighted by Crippen LogP contribution is -2.38. The molecule has 0 radical (unpaired) electrons. The van der Waals surface area contributed by atoms with Gasteiger partial charge in [-0.1, -0.05) is 6.07 Å².